The van der Waals surface area contributed by atoms with Gasteiger partial charge < -0.3 is 9.26 Å². The van der Waals surface area contributed by atoms with E-state index in [9.17, 15) is 8.42 Å². The van der Waals surface area contributed by atoms with E-state index in [0.29, 0.717) is 23.0 Å². The third kappa shape index (κ3) is 4.55. The maximum Gasteiger partial charge on any atom is 0.240 e. The quantitative estimate of drug-likeness (QED) is 0.605. The van der Waals surface area contributed by atoms with E-state index in [1.54, 1.807) is 6.07 Å². The summed E-state index contributed by atoms with van der Waals surface area (Å²) in [5.74, 6) is 1.72. The van der Waals surface area contributed by atoms with Crippen LogP contribution >= 0.6 is 0 Å². The Hall–Kier alpha value is -2.71. The zero-order chi connectivity index (χ0) is 21.0. The summed E-state index contributed by atoms with van der Waals surface area (Å²) < 4.78 is 39.2. The summed E-state index contributed by atoms with van der Waals surface area (Å²) in [6.45, 7) is 0.207. The van der Waals surface area contributed by atoms with Gasteiger partial charge in [-0.3, -0.25) is 0 Å². The van der Waals surface area contributed by atoms with Crippen LogP contribution < -0.4 is 9.46 Å². The molecule has 7 nitrogen and oxygen atoms in total. The molecular formula is C22H25N3O4S. The van der Waals surface area contributed by atoms with Gasteiger partial charge in [0.05, 0.1) is 17.6 Å². The first kappa shape index (κ1) is 20.6. The largest absolute Gasteiger partial charge is 0.496 e. The van der Waals surface area contributed by atoms with Gasteiger partial charge in [0.1, 0.15) is 5.75 Å². The second-order valence-corrected chi connectivity index (χ2v) is 9.23. The van der Waals surface area contributed by atoms with Crippen molar-refractivity contribution in [1.82, 2.24) is 14.9 Å². The van der Waals surface area contributed by atoms with Gasteiger partial charge in [-0.1, -0.05) is 54.8 Å². The standard InChI is InChI=1S/C22H25N3O4S/c1-28-20-13-12-18(30(26,27)23-15-16-8-4-2-5-9-16)14-19(20)21-24-22(29-25-21)17-10-6-3-7-11-17/h2,4-5,8-9,12-14,17,23H,3,6-7,10-11,15H2,1H3. The molecule has 3 aromatic rings. The minimum atomic E-state index is -3.72. The molecule has 0 unspecified atom stereocenters. The van der Waals surface area contributed by atoms with Gasteiger partial charge in [0.25, 0.3) is 0 Å². The molecule has 0 radical (unpaired) electrons. The van der Waals surface area contributed by atoms with Crippen molar-refractivity contribution in [2.24, 2.45) is 0 Å². The number of benzene rings is 2. The van der Waals surface area contributed by atoms with Crippen LogP contribution in [0, 0.1) is 0 Å². The number of nitrogens with one attached hydrogen (secondary N) is 1. The van der Waals surface area contributed by atoms with E-state index in [-0.39, 0.29) is 17.4 Å². The third-order valence-corrected chi connectivity index (χ3v) is 6.83. The first-order chi connectivity index (χ1) is 14.6. The monoisotopic (exact) mass is 427 g/mol. The van der Waals surface area contributed by atoms with Crippen LogP contribution in [-0.2, 0) is 16.6 Å². The SMILES string of the molecule is COc1ccc(S(=O)(=O)NCc2ccccc2)cc1-c1noc(C2CCCCC2)n1. The highest BCUT2D eigenvalue weighted by Gasteiger charge is 2.24. The Labute approximate surface area is 176 Å². The Balaban J connectivity index is 1.59. The van der Waals surface area contributed by atoms with Crippen molar-refractivity contribution in [3.8, 4) is 17.1 Å². The van der Waals surface area contributed by atoms with Gasteiger partial charge in [0, 0.05) is 12.5 Å². The van der Waals surface area contributed by atoms with Gasteiger partial charge >= 0.3 is 0 Å². The Morgan fingerprint density at radius 2 is 1.87 bits per heavy atom. The predicted octanol–water partition coefficient (Wildman–Crippen LogP) is 4.27. The van der Waals surface area contributed by atoms with Gasteiger partial charge in [-0.25, -0.2) is 13.1 Å². The van der Waals surface area contributed by atoms with Crippen LogP contribution in [0.2, 0.25) is 0 Å². The van der Waals surface area contributed by atoms with Crippen LogP contribution in [0.1, 0.15) is 49.5 Å². The lowest BCUT2D eigenvalue weighted by atomic mass is 9.89. The highest BCUT2D eigenvalue weighted by Crippen LogP contribution is 2.35. The lowest BCUT2D eigenvalue weighted by molar-refractivity contribution is 0.314. The summed E-state index contributed by atoms with van der Waals surface area (Å²) in [6.07, 6.45) is 5.63. The molecule has 1 aromatic heterocycles. The van der Waals surface area contributed by atoms with E-state index in [2.05, 4.69) is 14.9 Å². The van der Waals surface area contributed by atoms with Gasteiger partial charge in [0.15, 0.2) is 0 Å². The Bertz CT molecular complexity index is 1090. The van der Waals surface area contributed by atoms with Gasteiger partial charge in [-0.2, -0.15) is 4.98 Å². The maximum absolute atomic E-state index is 12.8. The minimum Gasteiger partial charge on any atom is -0.496 e. The normalized spacial score (nSPS) is 15.2. The molecule has 158 valence electrons. The van der Waals surface area contributed by atoms with Crippen molar-refractivity contribution in [2.75, 3.05) is 7.11 Å². The van der Waals surface area contributed by atoms with Crippen molar-refractivity contribution in [3.05, 3.63) is 60.0 Å². The van der Waals surface area contributed by atoms with Crippen LogP contribution in [-0.4, -0.2) is 25.7 Å². The number of rotatable bonds is 7. The number of methoxy groups -OCH3 is 1. The summed E-state index contributed by atoms with van der Waals surface area (Å²) in [4.78, 5) is 4.68. The highest BCUT2D eigenvalue weighted by atomic mass is 32.2. The molecule has 2 aromatic carbocycles. The number of hydrogen-bond acceptors (Lipinski definition) is 6. The van der Waals surface area contributed by atoms with Crippen molar-refractivity contribution in [2.45, 2.75) is 49.5 Å². The second-order valence-electron chi connectivity index (χ2n) is 7.46. The van der Waals surface area contributed by atoms with Gasteiger partial charge in [0.2, 0.25) is 21.7 Å². The molecule has 4 rings (SSSR count). The number of aromatic nitrogens is 2. The molecule has 1 saturated carbocycles. The average molecular weight is 428 g/mol. The summed E-state index contributed by atoms with van der Waals surface area (Å²) in [6, 6.07) is 14.0. The third-order valence-electron chi connectivity index (χ3n) is 5.43. The lowest BCUT2D eigenvalue weighted by Gasteiger charge is -2.17. The van der Waals surface area contributed by atoms with Gasteiger partial charge in [-0.05, 0) is 36.6 Å². The predicted molar refractivity (Wildman–Crippen MR) is 113 cm³/mol. The highest BCUT2D eigenvalue weighted by molar-refractivity contribution is 7.89. The van der Waals surface area contributed by atoms with Crippen LogP contribution in [0.5, 0.6) is 5.75 Å². The van der Waals surface area contributed by atoms with E-state index in [1.807, 2.05) is 30.3 Å². The maximum atomic E-state index is 12.8. The molecule has 30 heavy (non-hydrogen) atoms. The molecule has 1 heterocycles. The van der Waals surface area contributed by atoms with E-state index in [1.165, 1.54) is 25.7 Å². The molecule has 0 amide bonds. The Morgan fingerprint density at radius 1 is 1.10 bits per heavy atom. The van der Waals surface area contributed by atoms with Crippen LogP contribution in [0.15, 0.2) is 57.9 Å². The van der Waals surface area contributed by atoms with Gasteiger partial charge in [-0.15, -0.1) is 0 Å². The van der Waals surface area contributed by atoms with Crippen molar-refractivity contribution in [1.29, 1.82) is 0 Å². The molecule has 1 aliphatic rings. The zero-order valence-corrected chi connectivity index (χ0v) is 17.7. The summed E-state index contributed by atoms with van der Waals surface area (Å²) in [7, 11) is -2.19. The van der Waals surface area contributed by atoms with Crippen LogP contribution in [0.4, 0.5) is 0 Å². The average Bonchev–Trinajstić information content (AvgIpc) is 3.29. The number of ether oxygens (including phenoxy) is 1. The zero-order valence-electron chi connectivity index (χ0n) is 16.9. The van der Waals surface area contributed by atoms with E-state index >= 15 is 0 Å². The van der Waals surface area contributed by atoms with Crippen LogP contribution in [0.25, 0.3) is 11.4 Å². The number of nitrogens with zero attached hydrogens (tertiary/aromatic N) is 2. The Kier molecular flexibility index (Phi) is 6.15. The first-order valence-corrected chi connectivity index (χ1v) is 11.6. The fraction of sp³-hybridized carbons (Fsp3) is 0.364. The topological polar surface area (TPSA) is 94.3 Å². The van der Waals surface area contributed by atoms with Crippen molar-refractivity contribution >= 4 is 10.0 Å². The van der Waals surface area contributed by atoms with E-state index in [0.717, 1.165) is 31.2 Å². The molecule has 0 saturated heterocycles. The summed E-state index contributed by atoms with van der Waals surface area (Å²) >= 11 is 0. The molecular weight excluding hydrogens is 402 g/mol. The second kappa shape index (κ2) is 8.97. The van der Waals surface area contributed by atoms with E-state index < -0.39 is 10.0 Å². The molecule has 0 bridgehead atoms. The fourth-order valence-corrected chi connectivity index (χ4v) is 4.79. The smallest absolute Gasteiger partial charge is 0.240 e. The van der Waals surface area contributed by atoms with Crippen molar-refractivity contribution in [3.63, 3.8) is 0 Å². The molecule has 1 N–H and O–H groups in total. The molecule has 1 fully saturated rings. The van der Waals surface area contributed by atoms with Crippen LogP contribution in [0.3, 0.4) is 0 Å². The van der Waals surface area contributed by atoms with Crippen molar-refractivity contribution < 1.29 is 17.7 Å². The minimum absolute atomic E-state index is 0.123. The summed E-state index contributed by atoms with van der Waals surface area (Å²) in [5.41, 5.74) is 1.37. The molecule has 1 aliphatic carbocycles. The lowest BCUT2D eigenvalue weighted by Crippen LogP contribution is -2.23. The Morgan fingerprint density at radius 3 is 2.60 bits per heavy atom. The number of sulfonamides is 1. The molecule has 8 heteroatoms. The number of hydrogen-bond donors (Lipinski definition) is 1. The fourth-order valence-electron chi connectivity index (χ4n) is 3.75. The first-order valence-electron chi connectivity index (χ1n) is 10.1. The molecule has 0 aliphatic heterocycles. The molecule has 0 spiro atoms. The molecule has 0 atom stereocenters. The van der Waals surface area contributed by atoms with E-state index in [4.69, 9.17) is 9.26 Å². The summed E-state index contributed by atoms with van der Waals surface area (Å²) in [5, 5.41) is 4.11.